The minimum absolute atomic E-state index is 0.344. The maximum atomic E-state index is 4.85. The molecule has 0 fully saturated rings. The monoisotopic (exact) mass is 380 g/mol. The Balaban J connectivity index is 1.64. The molecule has 7 heteroatoms. The van der Waals surface area contributed by atoms with Gasteiger partial charge in [0.25, 0.3) is 0 Å². The summed E-state index contributed by atoms with van der Waals surface area (Å²) in [6, 6.07) is 1.97. The third-order valence-corrected chi connectivity index (χ3v) is 6.97. The first-order valence-electron chi connectivity index (χ1n) is 9.63. The van der Waals surface area contributed by atoms with E-state index in [1.54, 1.807) is 6.33 Å². The van der Waals surface area contributed by atoms with Crippen molar-refractivity contribution in [1.82, 2.24) is 29.4 Å². The zero-order chi connectivity index (χ0) is 18.8. The SMILES string of the molecule is CCn1ccc(-c2nc3c4c5c(sc4ncn3n2)CC(C(C)(C)C)CC5)n1. The normalized spacial score (nSPS) is 17.7. The standard InChI is InChI=1S/C20H24N6S/c1-5-25-9-8-14(23-25)17-22-18-16-13-7-6-12(20(2,3)4)10-15(13)27-19(16)21-11-26(18)24-17/h8-9,11-12H,5-7,10H2,1-4H3. The predicted molar refractivity (Wildman–Crippen MR) is 108 cm³/mol. The summed E-state index contributed by atoms with van der Waals surface area (Å²) in [5, 5.41) is 10.4. The van der Waals surface area contributed by atoms with Crippen molar-refractivity contribution in [3.63, 3.8) is 0 Å². The molecule has 1 aliphatic rings. The van der Waals surface area contributed by atoms with E-state index in [4.69, 9.17) is 4.98 Å². The molecule has 4 heterocycles. The first kappa shape index (κ1) is 16.9. The zero-order valence-corrected chi connectivity index (χ0v) is 17.0. The molecule has 0 aromatic carbocycles. The molecule has 0 saturated carbocycles. The molecule has 6 nitrogen and oxygen atoms in total. The van der Waals surface area contributed by atoms with Crippen LogP contribution in [0.25, 0.3) is 27.4 Å². The highest BCUT2D eigenvalue weighted by Crippen LogP contribution is 2.43. The van der Waals surface area contributed by atoms with Gasteiger partial charge in [-0.15, -0.1) is 16.4 Å². The van der Waals surface area contributed by atoms with E-state index >= 15 is 0 Å². The number of nitrogens with zero attached hydrogens (tertiary/aromatic N) is 6. The smallest absolute Gasteiger partial charge is 0.202 e. The molecule has 0 aliphatic heterocycles. The fourth-order valence-electron chi connectivity index (χ4n) is 4.08. The molecular formula is C20H24N6S. The minimum Gasteiger partial charge on any atom is -0.272 e. The Morgan fingerprint density at radius 3 is 2.85 bits per heavy atom. The van der Waals surface area contributed by atoms with Crippen molar-refractivity contribution in [3.8, 4) is 11.5 Å². The van der Waals surface area contributed by atoms with E-state index in [1.807, 2.05) is 32.8 Å². The average Bonchev–Trinajstić information content (AvgIpc) is 3.34. The lowest BCUT2D eigenvalue weighted by Gasteiger charge is -2.33. The summed E-state index contributed by atoms with van der Waals surface area (Å²) in [6.07, 6.45) is 7.23. The second-order valence-corrected chi connectivity index (χ2v) is 9.58. The van der Waals surface area contributed by atoms with Crippen LogP contribution in [0.5, 0.6) is 0 Å². The summed E-state index contributed by atoms with van der Waals surface area (Å²) in [7, 11) is 0. The van der Waals surface area contributed by atoms with E-state index in [1.165, 1.54) is 22.2 Å². The predicted octanol–water partition coefficient (Wildman–Crippen LogP) is 4.37. The molecule has 0 N–H and O–H groups in total. The molecule has 1 unspecified atom stereocenters. The number of rotatable bonds is 2. The Hall–Kier alpha value is -2.28. The summed E-state index contributed by atoms with van der Waals surface area (Å²) in [5.74, 6) is 1.39. The van der Waals surface area contributed by atoms with Crippen LogP contribution in [0.15, 0.2) is 18.6 Å². The zero-order valence-electron chi connectivity index (χ0n) is 16.2. The quantitative estimate of drug-likeness (QED) is 0.518. The first-order valence-corrected chi connectivity index (χ1v) is 10.4. The van der Waals surface area contributed by atoms with Gasteiger partial charge in [0, 0.05) is 17.6 Å². The first-order chi connectivity index (χ1) is 12.9. The van der Waals surface area contributed by atoms with Crippen LogP contribution in [-0.4, -0.2) is 29.4 Å². The van der Waals surface area contributed by atoms with E-state index in [-0.39, 0.29) is 0 Å². The molecule has 4 aromatic heterocycles. The number of hydrogen-bond donors (Lipinski definition) is 0. The lowest BCUT2D eigenvalue weighted by Crippen LogP contribution is -2.26. The van der Waals surface area contributed by atoms with Gasteiger partial charge in [-0.25, -0.2) is 14.5 Å². The Bertz CT molecular complexity index is 1140. The van der Waals surface area contributed by atoms with E-state index < -0.39 is 0 Å². The molecule has 0 bridgehead atoms. The van der Waals surface area contributed by atoms with Crippen molar-refractivity contribution < 1.29 is 0 Å². The summed E-state index contributed by atoms with van der Waals surface area (Å²) in [5.41, 5.74) is 3.50. The minimum atomic E-state index is 0.344. The molecule has 1 atom stereocenters. The van der Waals surface area contributed by atoms with Crippen LogP contribution in [0.2, 0.25) is 0 Å². The largest absolute Gasteiger partial charge is 0.272 e. The Morgan fingerprint density at radius 2 is 2.11 bits per heavy atom. The molecule has 0 saturated heterocycles. The third-order valence-electron chi connectivity index (χ3n) is 5.80. The van der Waals surface area contributed by atoms with Gasteiger partial charge in [-0.2, -0.15) is 5.10 Å². The van der Waals surface area contributed by atoms with Gasteiger partial charge in [0.2, 0.25) is 5.82 Å². The average molecular weight is 381 g/mol. The van der Waals surface area contributed by atoms with Crippen molar-refractivity contribution in [2.45, 2.75) is 53.5 Å². The van der Waals surface area contributed by atoms with Crippen molar-refractivity contribution in [3.05, 3.63) is 29.0 Å². The van der Waals surface area contributed by atoms with Crippen molar-refractivity contribution in [1.29, 1.82) is 0 Å². The third kappa shape index (κ3) is 2.67. The molecule has 27 heavy (non-hydrogen) atoms. The van der Waals surface area contributed by atoms with Gasteiger partial charge in [0.1, 0.15) is 16.9 Å². The maximum absolute atomic E-state index is 4.85. The van der Waals surface area contributed by atoms with Gasteiger partial charge in [0.05, 0.1) is 5.39 Å². The maximum Gasteiger partial charge on any atom is 0.202 e. The number of aryl methyl sites for hydroxylation is 2. The Morgan fingerprint density at radius 1 is 1.26 bits per heavy atom. The molecular weight excluding hydrogens is 356 g/mol. The molecule has 0 radical (unpaired) electrons. The summed E-state index contributed by atoms with van der Waals surface area (Å²) < 4.78 is 3.71. The van der Waals surface area contributed by atoms with Crippen molar-refractivity contribution in [2.24, 2.45) is 11.3 Å². The molecule has 5 rings (SSSR count). The molecule has 0 amide bonds. The van der Waals surface area contributed by atoms with Gasteiger partial charge in [-0.05, 0) is 49.1 Å². The van der Waals surface area contributed by atoms with Crippen LogP contribution in [0, 0.1) is 11.3 Å². The lowest BCUT2D eigenvalue weighted by atomic mass is 9.72. The van der Waals surface area contributed by atoms with Gasteiger partial charge in [-0.1, -0.05) is 20.8 Å². The molecule has 1 aliphatic carbocycles. The highest BCUT2D eigenvalue weighted by Gasteiger charge is 2.31. The van der Waals surface area contributed by atoms with Gasteiger partial charge in [-0.3, -0.25) is 4.68 Å². The Labute approximate surface area is 162 Å². The molecule has 4 aromatic rings. The van der Waals surface area contributed by atoms with Crippen LogP contribution in [0.1, 0.15) is 44.6 Å². The van der Waals surface area contributed by atoms with E-state index in [9.17, 15) is 0 Å². The summed E-state index contributed by atoms with van der Waals surface area (Å²) in [6.45, 7) is 9.97. The molecule has 140 valence electrons. The van der Waals surface area contributed by atoms with Crippen LogP contribution in [0.4, 0.5) is 0 Å². The van der Waals surface area contributed by atoms with Gasteiger partial charge in [0.15, 0.2) is 5.65 Å². The number of fused-ring (bicyclic) bond motifs is 5. The fraction of sp³-hybridized carbons (Fsp3) is 0.500. The summed E-state index contributed by atoms with van der Waals surface area (Å²) in [4.78, 5) is 12.1. The summed E-state index contributed by atoms with van der Waals surface area (Å²) >= 11 is 1.84. The lowest BCUT2D eigenvalue weighted by molar-refractivity contribution is 0.218. The second kappa shape index (κ2) is 5.86. The van der Waals surface area contributed by atoms with Crippen LogP contribution < -0.4 is 0 Å². The molecule has 0 spiro atoms. The fourth-order valence-corrected chi connectivity index (χ4v) is 5.34. The van der Waals surface area contributed by atoms with Crippen LogP contribution >= 0.6 is 11.3 Å². The van der Waals surface area contributed by atoms with Crippen LogP contribution in [0.3, 0.4) is 0 Å². The van der Waals surface area contributed by atoms with E-state index in [2.05, 4.69) is 42.9 Å². The topological polar surface area (TPSA) is 60.9 Å². The van der Waals surface area contributed by atoms with Gasteiger partial charge >= 0.3 is 0 Å². The Kier molecular flexibility index (Phi) is 3.66. The number of aromatic nitrogens is 6. The van der Waals surface area contributed by atoms with Gasteiger partial charge < -0.3 is 0 Å². The number of hydrogen-bond acceptors (Lipinski definition) is 5. The highest BCUT2D eigenvalue weighted by atomic mass is 32.1. The van der Waals surface area contributed by atoms with E-state index in [0.717, 1.165) is 41.5 Å². The van der Waals surface area contributed by atoms with Crippen molar-refractivity contribution >= 4 is 27.2 Å². The van der Waals surface area contributed by atoms with Crippen LogP contribution in [-0.2, 0) is 19.4 Å². The second-order valence-electron chi connectivity index (χ2n) is 8.49. The van der Waals surface area contributed by atoms with Crippen molar-refractivity contribution in [2.75, 3.05) is 0 Å². The number of thiophene rings is 1. The highest BCUT2D eigenvalue weighted by molar-refractivity contribution is 7.19. The van der Waals surface area contributed by atoms with E-state index in [0.29, 0.717) is 11.2 Å².